The SMILES string of the molecule is Cc1c(O)ccc2cccc(SOONc3ccc(O)c4cccnc34)c12. The van der Waals surface area contributed by atoms with Gasteiger partial charge < -0.3 is 10.2 Å². The second kappa shape index (κ2) is 7.32. The Hall–Kier alpha value is -3.00. The zero-order valence-corrected chi connectivity index (χ0v) is 15.2. The number of hydrogen-bond donors (Lipinski definition) is 3. The third-order valence-corrected chi connectivity index (χ3v) is 4.95. The fraction of sp³-hybridized carbons (Fsp3) is 0.0500. The van der Waals surface area contributed by atoms with Crippen LogP contribution in [0.2, 0.25) is 0 Å². The van der Waals surface area contributed by atoms with Crippen molar-refractivity contribution in [3.63, 3.8) is 0 Å². The second-order valence-corrected chi connectivity index (χ2v) is 6.68. The largest absolute Gasteiger partial charge is 0.508 e. The van der Waals surface area contributed by atoms with Gasteiger partial charge in [0.05, 0.1) is 23.2 Å². The van der Waals surface area contributed by atoms with Gasteiger partial charge in [0.25, 0.3) is 0 Å². The van der Waals surface area contributed by atoms with E-state index in [9.17, 15) is 10.2 Å². The average molecular weight is 380 g/mol. The summed E-state index contributed by atoms with van der Waals surface area (Å²) >= 11 is 1.03. The molecule has 0 bridgehead atoms. The third kappa shape index (κ3) is 3.35. The smallest absolute Gasteiger partial charge is 0.125 e. The van der Waals surface area contributed by atoms with Gasteiger partial charge in [0.15, 0.2) is 0 Å². The van der Waals surface area contributed by atoms with E-state index in [-0.39, 0.29) is 11.5 Å². The normalized spacial score (nSPS) is 11.1. The lowest BCUT2D eigenvalue weighted by Crippen LogP contribution is -2.00. The minimum atomic E-state index is 0.144. The predicted octanol–water partition coefficient (Wildman–Crippen LogP) is 5.09. The Morgan fingerprint density at radius 3 is 2.70 bits per heavy atom. The first kappa shape index (κ1) is 17.4. The number of aromatic nitrogens is 1. The molecule has 0 aliphatic carbocycles. The third-order valence-electron chi connectivity index (χ3n) is 4.29. The Morgan fingerprint density at radius 2 is 1.81 bits per heavy atom. The molecule has 27 heavy (non-hydrogen) atoms. The standard InChI is InChI=1S/C20H16N2O4S/c1-12-16(23)9-7-13-4-2-6-18(19(12)13)27-26-25-22-15-8-10-17(24)14-5-3-11-21-20(14)15/h2-11,22-24H,1H3. The van der Waals surface area contributed by atoms with Crippen molar-refractivity contribution in [3.05, 3.63) is 66.4 Å². The van der Waals surface area contributed by atoms with Gasteiger partial charge in [-0.25, -0.2) is 5.48 Å². The van der Waals surface area contributed by atoms with Crippen LogP contribution in [0.1, 0.15) is 5.56 Å². The van der Waals surface area contributed by atoms with Crippen molar-refractivity contribution in [1.82, 2.24) is 4.98 Å². The number of aromatic hydroxyl groups is 2. The monoisotopic (exact) mass is 380 g/mol. The molecule has 0 radical (unpaired) electrons. The number of aryl methyl sites for hydroxylation is 1. The zero-order valence-electron chi connectivity index (χ0n) is 14.3. The molecule has 4 rings (SSSR count). The molecule has 1 heterocycles. The van der Waals surface area contributed by atoms with Gasteiger partial charge >= 0.3 is 0 Å². The van der Waals surface area contributed by atoms with Crippen LogP contribution < -0.4 is 5.48 Å². The molecule has 4 aromatic rings. The highest BCUT2D eigenvalue weighted by atomic mass is 32.2. The van der Waals surface area contributed by atoms with Crippen LogP contribution in [-0.4, -0.2) is 15.2 Å². The Balaban J connectivity index is 1.50. The minimum Gasteiger partial charge on any atom is -0.508 e. The van der Waals surface area contributed by atoms with E-state index in [0.29, 0.717) is 16.6 Å². The zero-order chi connectivity index (χ0) is 18.8. The molecule has 136 valence electrons. The second-order valence-electron chi connectivity index (χ2n) is 5.93. The summed E-state index contributed by atoms with van der Waals surface area (Å²) in [7, 11) is 0. The molecule has 3 N–H and O–H groups in total. The number of benzene rings is 3. The highest BCUT2D eigenvalue weighted by molar-refractivity contribution is 7.94. The first-order chi connectivity index (χ1) is 13.1. The summed E-state index contributed by atoms with van der Waals surface area (Å²) in [5.74, 6) is 0.376. The van der Waals surface area contributed by atoms with Crippen molar-refractivity contribution in [2.24, 2.45) is 0 Å². The van der Waals surface area contributed by atoms with Crippen molar-refractivity contribution < 1.29 is 19.5 Å². The summed E-state index contributed by atoms with van der Waals surface area (Å²) in [4.78, 5) is 10.2. The van der Waals surface area contributed by atoms with Crippen molar-refractivity contribution in [3.8, 4) is 11.5 Å². The number of nitrogens with zero attached hydrogens (tertiary/aromatic N) is 1. The summed E-state index contributed by atoms with van der Waals surface area (Å²) in [6.45, 7) is 1.86. The van der Waals surface area contributed by atoms with Gasteiger partial charge in [-0.3, -0.25) is 4.98 Å². The van der Waals surface area contributed by atoms with E-state index in [0.717, 1.165) is 33.3 Å². The molecule has 0 unspecified atom stereocenters. The van der Waals surface area contributed by atoms with E-state index in [1.54, 1.807) is 36.5 Å². The molecule has 0 aliphatic rings. The fourth-order valence-corrected chi connectivity index (χ4v) is 3.56. The molecular formula is C20H16N2O4S. The van der Waals surface area contributed by atoms with Crippen LogP contribution in [0.4, 0.5) is 5.69 Å². The Bertz CT molecular complexity index is 1130. The number of phenolic OH excluding ortho intramolecular Hbond substituents is 2. The molecule has 0 saturated carbocycles. The molecule has 3 aromatic carbocycles. The van der Waals surface area contributed by atoms with E-state index in [1.807, 2.05) is 31.2 Å². The number of nitrogens with one attached hydrogen (secondary N) is 1. The quantitative estimate of drug-likeness (QED) is 0.146. The summed E-state index contributed by atoms with van der Waals surface area (Å²) in [6.07, 6.45) is 1.63. The fourth-order valence-electron chi connectivity index (χ4n) is 2.94. The van der Waals surface area contributed by atoms with Gasteiger partial charge in [-0.05, 0) is 54.3 Å². The average Bonchev–Trinajstić information content (AvgIpc) is 2.70. The molecule has 0 saturated heterocycles. The summed E-state index contributed by atoms with van der Waals surface area (Å²) in [6, 6.07) is 16.0. The number of hydrogen-bond acceptors (Lipinski definition) is 7. The molecule has 6 nitrogen and oxygen atoms in total. The van der Waals surface area contributed by atoms with Crippen LogP contribution in [0.3, 0.4) is 0 Å². The van der Waals surface area contributed by atoms with Crippen molar-refractivity contribution in [1.29, 1.82) is 0 Å². The highest BCUT2D eigenvalue weighted by Crippen LogP contribution is 2.35. The lowest BCUT2D eigenvalue weighted by atomic mass is 10.0. The van der Waals surface area contributed by atoms with E-state index >= 15 is 0 Å². The Morgan fingerprint density at radius 1 is 0.963 bits per heavy atom. The number of fused-ring (bicyclic) bond motifs is 2. The first-order valence-corrected chi connectivity index (χ1v) is 8.93. The van der Waals surface area contributed by atoms with E-state index in [1.165, 1.54) is 0 Å². The van der Waals surface area contributed by atoms with Crippen LogP contribution in [0.15, 0.2) is 65.7 Å². The van der Waals surface area contributed by atoms with E-state index in [2.05, 4.69) is 10.5 Å². The Kier molecular flexibility index (Phi) is 4.72. The molecule has 0 spiro atoms. The minimum absolute atomic E-state index is 0.144. The summed E-state index contributed by atoms with van der Waals surface area (Å²) < 4.78 is 5.24. The number of pyridine rings is 1. The first-order valence-electron chi connectivity index (χ1n) is 8.19. The lowest BCUT2D eigenvalue weighted by Gasteiger charge is -2.11. The van der Waals surface area contributed by atoms with Crippen molar-refractivity contribution >= 4 is 39.4 Å². The predicted molar refractivity (Wildman–Crippen MR) is 105 cm³/mol. The van der Waals surface area contributed by atoms with Gasteiger partial charge in [-0.15, -0.1) is 9.32 Å². The maximum Gasteiger partial charge on any atom is 0.125 e. The summed E-state index contributed by atoms with van der Waals surface area (Å²) in [5.41, 5.74) is 4.60. The topological polar surface area (TPSA) is 83.8 Å². The van der Waals surface area contributed by atoms with Crippen molar-refractivity contribution in [2.75, 3.05) is 5.48 Å². The number of anilines is 1. The van der Waals surface area contributed by atoms with Gasteiger partial charge in [0.1, 0.15) is 11.5 Å². The molecular weight excluding hydrogens is 364 g/mol. The van der Waals surface area contributed by atoms with Crippen LogP contribution >= 0.6 is 12.0 Å². The maximum absolute atomic E-state index is 9.96. The van der Waals surface area contributed by atoms with Crippen LogP contribution in [0.5, 0.6) is 11.5 Å². The number of phenols is 2. The highest BCUT2D eigenvalue weighted by Gasteiger charge is 2.10. The van der Waals surface area contributed by atoms with Gasteiger partial charge in [-0.1, -0.05) is 18.2 Å². The molecule has 7 heteroatoms. The van der Waals surface area contributed by atoms with Gasteiger partial charge in [-0.2, -0.15) is 0 Å². The molecule has 0 amide bonds. The molecule has 0 fully saturated rings. The molecule has 1 aromatic heterocycles. The molecule has 0 atom stereocenters. The Labute approximate surface area is 159 Å². The van der Waals surface area contributed by atoms with Crippen LogP contribution in [0.25, 0.3) is 21.7 Å². The van der Waals surface area contributed by atoms with Crippen LogP contribution in [0, 0.1) is 6.92 Å². The van der Waals surface area contributed by atoms with Crippen molar-refractivity contribution in [2.45, 2.75) is 11.8 Å². The van der Waals surface area contributed by atoms with E-state index < -0.39 is 0 Å². The summed E-state index contributed by atoms with van der Waals surface area (Å²) in [5, 5.41) is 22.4. The van der Waals surface area contributed by atoms with Gasteiger partial charge in [0, 0.05) is 21.9 Å². The van der Waals surface area contributed by atoms with Gasteiger partial charge in [0.2, 0.25) is 0 Å². The lowest BCUT2D eigenvalue weighted by molar-refractivity contribution is -0.160. The maximum atomic E-state index is 9.96. The molecule has 0 aliphatic heterocycles. The van der Waals surface area contributed by atoms with E-state index in [4.69, 9.17) is 9.32 Å². The number of rotatable bonds is 5. The van der Waals surface area contributed by atoms with Crippen LogP contribution in [-0.2, 0) is 9.32 Å².